The molecule has 0 saturated heterocycles. The van der Waals surface area contributed by atoms with Crippen molar-refractivity contribution >= 4 is 28.2 Å². The van der Waals surface area contributed by atoms with Crippen LogP contribution in [0.3, 0.4) is 0 Å². The summed E-state index contributed by atoms with van der Waals surface area (Å²) in [6.07, 6.45) is -0.284. The number of nitrogens with zero attached hydrogens (tertiary/aromatic N) is 1. The quantitative estimate of drug-likeness (QED) is 0.560. The van der Waals surface area contributed by atoms with E-state index in [0.29, 0.717) is 26.9 Å². The Kier molecular flexibility index (Phi) is 5.49. The number of amides is 1. The number of rotatable bonds is 4. The maximum absolute atomic E-state index is 13.4. The molecule has 1 aliphatic heterocycles. The third-order valence-corrected chi connectivity index (χ3v) is 6.15. The highest BCUT2D eigenvalue weighted by Gasteiger charge is 2.33. The van der Waals surface area contributed by atoms with Crippen LogP contribution in [0.5, 0.6) is 11.5 Å². The highest BCUT2D eigenvalue weighted by Crippen LogP contribution is 2.45. The first kappa shape index (κ1) is 20.6. The summed E-state index contributed by atoms with van der Waals surface area (Å²) < 4.78 is 11.2. The van der Waals surface area contributed by atoms with Gasteiger partial charge in [-0.25, -0.2) is 4.79 Å². The van der Waals surface area contributed by atoms with Crippen LogP contribution in [-0.2, 0) is 9.53 Å². The number of benzene rings is 2. The van der Waals surface area contributed by atoms with Gasteiger partial charge in [0.05, 0.1) is 17.6 Å². The number of nitrogens with one attached hydrogen (secondary N) is 1. The fourth-order valence-corrected chi connectivity index (χ4v) is 4.62. The first-order chi connectivity index (χ1) is 14.9. The van der Waals surface area contributed by atoms with Gasteiger partial charge < -0.3 is 14.8 Å². The van der Waals surface area contributed by atoms with E-state index in [1.165, 1.54) is 0 Å². The van der Waals surface area contributed by atoms with E-state index < -0.39 is 11.9 Å². The van der Waals surface area contributed by atoms with Gasteiger partial charge in [-0.15, -0.1) is 11.3 Å². The lowest BCUT2D eigenvalue weighted by atomic mass is 9.87. The number of fused-ring (bicyclic) bond motifs is 2. The van der Waals surface area contributed by atoms with Crippen LogP contribution < -0.4 is 10.1 Å². The van der Waals surface area contributed by atoms with E-state index in [-0.39, 0.29) is 17.6 Å². The van der Waals surface area contributed by atoms with Crippen LogP contribution in [0.1, 0.15) is 51.7 Å². The number of ether oxygens (including phenoxy) is 2. The van der Waals surface area contributed by atoms with E-state index in [9.17, 15) is 14.9 Å². The molecule has 1 aromatic heterocycles. The van der Waals surface area contributed by atoms with E-state index in [4.69, 9.17) is 9.47 Å². The maximum atomic E-state index is 13.4. The third kappa shape index (κ3) is 3.78. The summed E-state index contributed by atoms with van der Waals surface area (Å²) in [5.74, 6) is -0.182. The minimum atomic E-state index is -0.610. The van der Waals surface area contributed by atoms with Crippen molar-refractivity contribution in [3.05, 3.63) is 75.7 Å². The molecule has 4 rings (SSSR count). The molecule has 0 fully saturated rings. The van der Waals surface area contributed by atoms with Crippen LogP contribution in [0.4, 0.5) is 5.00 Å². The van der Waals surface area contributed by atoms with Crippen molar-refractivity contribution in [2.75, 3.05) is 5.32 Å². The van der Waals surface area contributed by atoms with Crippen LogP contribution >= 0.6 is 11.3 Å². The first-order valence-corrected chi connectivity index (χ1v) is 10.6. The molecule has 156 valence electrons. The molecule has 7 heteroatoms. The number of anilines is 1. The number of hydrogen-bond donors (Lipinski definition) is 1. The minimum Gasteiger partial charge on any atom is -0.459 e. The molecule has 0 bridgehead atoms. The molecule has 0 unspecified atom stereocenters. The predicted molar refractivity (Wildman–Crippen MR) is 118 cm³/mol. The molecule has 1 aliphatic rings. The molecule has 1 amide bonds. The van der Waals surface area contributed by atoms with Crippen LogP contribution in [0.2, 0.25) is 0 Å². The number of carbonyl (C=O) groups excluding carboxylic acids is 2. The average molecular weight is 433 g/mol. The summed E-state index contributed by atoms with van der Waals surface area (Å²) in [6.45, 7) is 5.20. The molecular weight excluding hydrogens is 412 g/mol. The van der Waals surface area contributed by atoms with Gasteiger partial charge in [-0.05, 0) is 38.5 Å². The van der Waals surface area contributed by atoms with E-state index >= 15 is 0 Å². The summed E-state index contributed by atoms with van der Waals surface area (Å²) in [5.41, 5.74) is 2.25. The Balaban J connectivity index is 1.72. The lowest BCUT2D eigenvalue weighted by Gasteiger charge is -2.27. The Morgan fingerprint density at radius 2 is 1.68 bits per heavy atom. The molecule has 0 radical (unpaired) electrons. The van der Waals surface area contributed by atoms with Gasteiger partial charge in [0.2, 0.25) is 5.91 Å². The van der Waals surface area contributed by atoms with Crippen molar-refractivity contribution < 1.29 is 19.1 Å². The summed E-state index contributed by atoms with van der Waals surface area (Å²) in [4.78, 5) is 26.2. The van der Waals surface area contributed by atoms with Gasteiger partial charge in [0.25, 0.3) is 0 Å². The van der Waals surface area contributed by atoms with Crippen molar-refractivity contribution in [2.45, 2.75) is 32.8 Å². The summed E-state index contributed by atoms with van der Waals surface area (Å²) in [5, 5.41) is 12.9. The first-order valence-electron chi connectivity index (χ1n) is 9.81. The third-order valence-electron chi connectivity index (χ3n) is 4.97. The zero-order chi connectivity index (χ0) is 22.1. The van der Waals surface area contributed by atoms with Crippen molar-refractivity contribution in [1.82, 2.24) is 0 Å². The van der Waals surface area contributed by atoms with Crippen molar-refractivity contribution in [1.29, 1.82) is 5.26 Å². The number of hydrogen-bond acceptors (Lipinski definition) is 6. The lowest BCUT2D eigenvalue weighted by Crippen LogP contribution is -2.25. The number of para-hydroxylation sites is 2. The predicted octanol–water partition coefficient (Wildman–Crippen LogP) is 5.37. The lowest BCUT2D eigenvalue weighted by molar-refractivity contribution is -0.116. The molecule has 6 nitrogen and oxygen atoms in total. The normalized spacial score (nSPS) is 12.4. The molecule has 1 N–H and O–H groups in total. The van der Waals surface area contributed by atoms with Crippen molar-refractivity contribution in [2.24, 2.45) is 0 Å². The molecule has 31 heavy (non-hydrogen) atoms. The zero-order valence-electron chi connectivity index (χ0n) is 17.3. The van der Waals surface area contributed by atoms with Crippen molar-refractivity contribution in [3.8, 4) is 17.6 Å². The largest absolute Gasteiger partial charge is 0.459 e. The standard InChI is InChI=1S/C24H20N2O4S/c1-13(2)29-24(28)21-14(3)17(12-25)23(31-21)26-22(27)20-15-8-4-6-10-18(15)30-19-11-7-5-9-16(19)20/h4-11,13,20H,1-3H3,(H,26,27). The molecule has 2 aromatic carbocycles. The SMILES string of the molecule is Cc1c(C(=O)OC(C)C)sc(NC(=O)C2c3ccccc3Oc3ccccc32)c1C#N. The van der Waals surface area contributed by atoms with Gasteiger partial charge in [0.1, 0.15) is 27.4 Å². The van der Waals surface area contributed by atoms with Crippen LogP contribution in [0, 0.1) is 18.3 Å². The smallest absolute Gasteiger partial charge is 0.348 e. The fraction of sp³-hybridized carbons (Fsp3) is 0.208. The van der Waals surface area contributed by atoms with Gasteiger partial charge in [-0.1, -0.05) is 36.4 Å². The number of thiophene rings is 1. The van der Waals surface area contributed by atoms with Crippen LogP contribution in [-0.4, -0.2) is 18.0 Å². The molecule has 0 atom stereocenters. The highest BCUT2D eigenvalue weighted by atomic mass is 32.1. The Labute approximate surface area is 184 Å². The Bertz CT molecular complexity index is 1180. The van der Waals surface area contributed by atoms with Gasteiger partial charge in [-0.3, -0.25) is 4.79 Å². The van der Waals surface area contributed by atoms with Crippen LogP contribution in [0.15, 0.2) is 48.5 Å². The van der Waals surface area contributed by atoms with E-state index in [0.717, 1.165) is 22.5 Å². The Morgan fingerprint density at radius 3 is 2.23 bits per heavy atom. The maximum Gasteiger partial charge on any atom is 0.348 e. The van der Waals surface area contributed by atoms with Gasteiger partial charge >= 0.3 is 5.97 Å². The van der Waals surface area contributed by atoms with Gasteiger partial charge in [0, 0.05) is 11.1 Å². The summed E-state index contributed by atoms with van der Waals surface area (Å²) >= 11 is 1.06. The monoisotopic (exact) mass is 432 g/mol. The van der Waals surface area contributed by atoms with Gasteiger partial charge in [0.15, 0.2) is 0 Å². The average Bonchev–Trinajstić information content (AvgIpc) is 3.06. The summed E-state index contributed by atoms with van der Waals surface area (Å²) in [6, 6.07) is 16.9. The number of carbonyl (C=O) groups is 2. The second-order valence-electron chi connectivity index (χ2n) is 7.43. The second-order valence-corrected chi connectivity index (χ2v) is 8.45. The zero-order valence-corrected chi connectivity index (χ0v) is 18.1. The van der Waals surface area contributed by atoms with Crippen LogP contribution in [0.25, 0.3) is 0 Å². The highest BCUT2D eigenvalue weighted by molar-refractivity contribution is 7.18. The molecule has 0 spiro atoms. The van der Waals surface area contributed by atoms with E-state index in [1.807, 2.05) is 48.5 Å². The molecule has 3 aromatic rings. The molecule has 2 heterocycles. The molecule has 0 saturated carbocycles. The number of esters is 1. The molecular formula is C24H20N2O4S. The van der Waals surface area contributed by atoms with E-state index in [2.05, 4.69) is 11.4 Å². The van der Waals surface area contributed by atoms with Crippen molar-refractivity contribution in [3.63, 3.8) is 0 Å². The van der Waals surface area contributed by atoms with E-state index in [1.54, 1.807) is 20.8 Å². The number of nitriles is 1. The summed E-state index contributed by atoms with van der Waals surface area (Å²) in [7, 11) is 0. The second kappa shape index (κ2) is 8.25. The molecule has 0 aliphatic carbocycles. The fourth-order valence-electron chi connectivity index (χ4n) is 3.57. The topological polar surface area (TPSA) is 88.4 Å². The Hall–Kier alpha value is -3.63. The Morgan fingerprint density at radius 1 is 1.10 bits per heavy atom. The van der Waals surface area contributed by atoms with Gasteiger partial charge in [-0.2, -0.15) is 5.26 Å². The minimum absolute atomic E-state index is 0.266.